The molecule has 0 spiro atoms. The van der Waals surface area contributed by atoms with Gasteiger partial charge in [0.1, 0.15) is 0 Å². The van der Waals surface area contributed by atoms with E-state index in [0.29, 0.717) is 43.6 Å². The largest absolute Gasteiger partial charge is 0.321 e. The summed E-state index contributed by atoms with van der Waals surface area (Å²) in [5.74, 6) is -0.192. The molecule has 0 aliphatic rings. The number of nitrogens with one attached hydrogen (secondary N) is 1. The number of Topliss-reactive ketones (excluding diaryl/α,β-unsaturated/α-hetero) is 1. The van der Waals surface area contributed by atoms with Crippen LogP contribution in [0.4, 0.5) is 5.69 Å². The lowest BCUT2D eigenvalue weighted by Gasteiger charge is -2.10. The Kier molecular flexibility index (Phi) is 7.49. The average molecular weight is 527 g/mol. The summed E-state index contributed by atoms with van der Waals surface area (Å²) in [6.45, 7) is 5.28. The predicted octanol–water partition coefficient (Wildman–Crippen LogP) is 5.73. The van der Waals surface area contributed by atoms with Gasteiger partial charge in [-0.1, -0.05) is 40.2 Å². The number of nitrogens with zero attached hydrogens (tertiary/aromatic N) is 5. The van der Waals surface area contributed by atoms with Crippen LogP contribution in [0, 0.1) is 13.8 Å². The molecule has 0 aliphatic carbocycles. The zero-order valence-electron chi connectivity index (χ0n) is 19.0. The van der Waals surface area contributed by atoms with E-state index in [1.54, 1.807) is 42.5 Å². The number of aromatic nitrogens is 5. The summed E-state index contributed by atoms with van der Waals surface area (Å²) in [5, 5.41) is 12.6. The van der Waals surface area contributed by atoms with E-state index in [9.17, 15) is 9.59 Å². The SMILES string of the molecule is CC(=O)c1ccc(NC(=O)c2nnn(-c3cc(Cl)cc(Cl)c3)c2CSc2nc(C)cc(C)n2)cc1. The fourth-order valence-electron chi connectivity index (χ4n) is 3.35. The maximum Gasteiger partial charge on any atom is 0.278 e. The van der Waals surface area contributed by atoms with Crippen molar-refractivity contribution < 1.29 is 9.59 Å². The zero-order valence-corrected chi connectivity index (χ0v) is 21.4. The minimum Gasteiger partial charge on any atom is -0.321 e. The van der Waals surface area contributed by atoms with Crippen molar-refractivity contribution in [3.63, 3.8) is 0 Å². The minimum absolute atomic E-state index is 0.0566. The zero-order chi connectivity index (χ0) is 25.1. The number of thioether (sulfide) groups is 1. The van der Waals surface area contributed by atoms with Gasteiger partial charge in [-0.05, 0) is 69.3 Å². The van der Waals surface area contributed by atoms with Crippen molar-refractivity contribution >= 4 is 52.3 Å². The second-order valence-electron chi connectivity index (χ2n) is 7.73. The molecule has 1 amide bonds. The molecule has 11 heteroatoms. The third-order valence-electron chi connectivity index (χ3n) is 4.92. The molecule has 8 nitrogen and oxygen atoms in total. The molecular weight excluding hydrogens is 507 g/mol. The van der Waals surface area contributed by atoms with E-state index in [0.717, 1.165) is 11.4 Å². The normalized spacial score (nSPS) is 10.9. The van der Waals surface area contributed by atoms with Crippen LogP contribution in [0.3, 0.4) is 0 Å². The van der Waals surface area contributed by atoms with Gasteiger partial charge in [-0.25, -0.2) is 14.6 Å². The average Bonchev–Trinajstić information content (AvgIpc) is 3.21. The molecule has 4 rings (SSSR count). The topological polar surface area (TPSA) is 103 Å². The molecule has 0 atom stereocenters. The third kappa shape index (κ3) is 6.05. The Balaban J connectivity index is 1.68. The summed E-state index contributed by atoms with van der Waals surface area (Å²) in [4.78, 5) is 33.6. The van der Waals surface area contributed by atoms with Crippen LogP contribution in [-0.2, 0) is 5.75 Å². The molecule has 0 fully saturated rings. The fraction of sp³-hybridized carbons (Fsp3) is 0.167. The number of rotatable bonds is 7. The van der Waals surface area contributed by atoms with Crippen molar-refractivity contribution in [2.24, 2.45) is 0 Å². The number of ketones is 1. The summed E-state index contributed by atoms with van der Waals surface area (Å²) >= 11 is 13.8. The number of halogens is 2. The highest BCUT2D eigenvalue weighted by Crippen LogP contribution is 2.27. The Bertz CT molecular complexity index is 1380. The van der Waals surface area contributed by atoms with Crippen molar-refractivity contribution in [2.75, 3.05) is 5.32 Å². The Morgan fingerprint density at radius 2 is 1.60 bits per heavy atom. The predicted molar refractivity (Wildman–Crippen MR) is 137 cm³/mol. The summed E-state index contributed by atoms with van der Waals surface area (Å²) in [5.41, 5.74) is 3.99. The molecule has 0 radical (unpaired) electrons. The summed E-state index contributed by atoms with van der Waals surface area (Å²) in [6, 6.07) is 13.5. The summed E-state index contributed by atoms with van der Waals surface area (Å²) in [6.07, 6.45) is 0. The standard InChI is InChI=1S/C24H20Cl2N6O2S/c1-13-8-14(2)28-24(27-13)35-12-21-22(23(34)29-19-6-4-16(5-7-19)15(3)33)30-31-32(21)20-10-17(25)9-18(26)11-20/h4-11H,12H2,1-3H3,(H,29,34). The Labute approximate surface area is 216 Å². The number of benzene rings is 2. The van der Waals surface area contributed by atoms with Gasteiger partial charge in [0, 0.05) is 38.4 Å². The number of aryl methyl sites for hydroxylation is 2. The minimum atomic E-state index is -0.447. The molecule has 35 heavy (non-hydrogen) atoms. The van der Waals surface area contributed by atoms with Crippen molar-refractivity contribution in [2.45, 2.75) is 31.7 Å². The van der Waals surface area contributed by atoms with Gasteiger partial charge >= 0.3 is 0 Å². The number of carbonyl (C=O) groups excluding carboxylic acids is 2. The van der Waals surface area contributed by atoms with Gasteiger partial charge in [-0.15, -0.1) is 5.10 Å². The maximum atomic E-state index is 13.2. The van der Waals surface area contributed by atoms with Gasteiger partial charge in [-0.3, -0.25) is 9.59 Å². The van der Waals surface area contributed by atoms with Crippen LogP contribution in [0.15, 0.2) is 53.7 Å². The highest BCUT2D eigenvalue weighted by Gasteiger charge is 2.22. The molecule has 0 bridgehead atoms. The van der Waals surface area contributed by atoms with Crippen molar-refractivity contribution in [3.8, 4) is 5.69 Å². The first-order chi connectivity index (χ1) is 16.7. The lowest BCUT2D eigenvalue weighted by atomic mass is 10.1. The van der Waals surface area contributed by atoms with E-state index in [1.165, 1.54) is 23.4 Å². The Morgan fingerprint density at radius 1 is 0.971 bits per heavy atom. The van der Waals surface area contributed by atoms with Gasteiger partial charge in [0.05, 0.1) is 11.4 Å². The van der Waals surface area contributed by atoms with Crippen LogP contribution in [0.5, 0.6) is 0 Å². The molecule has 4 aromatic rings. The molecule has 0 saturated carbocycles. The van der Waals surface area contributed by atoms with E-state index in [1.807, 2.05) is 19.9 Å². The van der Waals surface area contributed by atoms with Gasteiger partial charge in [0.2, 0.25) is 0 Å². The Morgan fingerprint density at radius 3 is 2.20 bits per heavy atom. The first kappa shape index (κ1) is 24.8. The molecule has 178 valence electrons. The summed E-state index contributed by atoms with van der Waals surface area (Å²) in [7, 11) is 0. The number of anilines is 1. The molecule has 0 saturated heterocycles. The first-order valence-corrected chi connectivity index (χ1v) is 12.2. The highest BCUT2D eigenvalue weighted by atomic mass is 35.5. The molecule has 0 unspecified atom stereocenters. The molecule has 2 aromatic heterocycles. The molecule has 2 aromatic carbocycles. The number of hydrogen-bond acceptors (Lipinski definition) is 7. The Hall–Kier alpha value is -3.27. The van der Waals surface area contributed by atoms with Crippen LogP contribution in [0.25, 0.3) is 5.69 Å². The van der Waals surface area contributed by atoms with E-state index in [4.69, 9.17) is 23.2 Å². The molecule has 0 aliphatic heterocycles. The molecular formula is C24H20Cl2N6O2S. The lowest BCUT2D eigenvalue weighted by molar-refractivity contribution is 0.101. The van der Waals surface area contributed by atoms with Gasteiger partial charge in [-0.2, -0.15) is 0 Å². The maximum absolute atomic E-state index is 13.2. The van der Waals surface area contributed by atoms with Crippen molar-refractivity contribution in [3.05, 3.63) is 86.9 Å². The van der Waals surface area contributed by atoms with Gasteiger partial charge in [0.15, 0.2) is 16.6 Å². The van der Waals surface area contributed by atoms with Crippen molar-refractivity contribution in [1.82, 2.24) is 25.0 Å². The van der Waals surface area contributed by atoms with E-state index in [-0.39, 0.29) is 11.5 Å². The molecule has 2 heterocycles. The highest BCUT2D eigenvalue weighted by molar-refractivity contribution is 7.98. The summed E-state index contributed by atoms with van der Waals surface area (Å²) < 4.78 is 1.53. The lowest BCUT2D eigenvalue weighted by Crippen LogP contribution is -2.15. The van der Waals surface area contributed by atoms with Gasteiger partial charge in [0.25, 0.3) is 5.91 Å². The van der Waals surface area contributed by atoms with E-state index >= 15 is 0 Å². The van der Waals surface area contributed by atoms with Crippen LogP contribution in [0.1, 0.15) is 44.9 Å². The van der Waals surface area contributed by atoms with Crippen LogP contribution in [0.2, 0.25) is 10.0 Å². The number of carbonyl (C=O) groups is 2. The monoisotopic (exact) mass is 526 g/mol. The van der Waals surface area contributed by atoms with Crippen LogP contribution >= 0.6 is 35.0 Å². The van der Waals surface area contributed by atoms with Crippen LogP contribution < -0.4 is 5.32 Å². The molecule has 1 N–H and O–H groups in total. The first-order valence-electron chi connectivity index (χ1n) is 10.5. The number of amides is 1. The van der Waals surface area contributed by atoms with Gasteiger partial charge < -0.3 is 5.32 Å². The smallest absolute Gasteiger partial charge is 0.278 e. The second-order valence-corrected chi connectivity index (χ2v) is 9.55. The van der Waals surface area contributed by atoms with Crippen LogP contribution in [-0.4, -0.2) is 36.7 Å². The van der Waals surface area contributed by atoms with Crippen molar-refractivity contribution in [1.29, 1.82) is 0 Å². The number of hydrogen-bond donors (Lipinski definition) is 1. The second kappa shape index (κ2) is 10.6. The fourth-order valence-corrected chi connectivity index (χ4v) is 4.80. The van der Waals surface area contributed by atoms with E-state index in [2.05, 4.69) is 25.6 Å². The van der Waals surface area contributed by atoms with E-state index < -0.39 is 5.91 Å². The quantitative estimate of drug-likeness (QED) is 0.186. The third-order valence-corrected chi connectivity index (χ3v) is 6.21.